The topological polar surface area (TPSA) is 58.6 Å². The summed E-state index contributed by atoms with van der Waals surface area (Å²) in [5.74, 6) is -0.784. The first kappa shape index (κ1) is 12.4. The second-order valence-corrected chi connectivity index (χ2v) is 3.09. The lowest BCUT2D eigenvalue weighted by Crippen LogP contribution is -2.49. The third kappa shape index (κ3) is 3.32. The molecule has 4 heteroatoms. The molecule has 13 heavy (non-hydrogen) atoms. The average molecular weight is 189 g/mol. The molecule has 2 N–H and O–H groups in total. The van der Waals surface area contributed by atoms with Crippen LogP contribution in [0.2, 0.25) is 0 Å². The normalized spacial score (nSPS) is 15.3. The summed E-state index contributed by atoms with van der Waals surface area (Å²) in [4.78, 5) is 11.0. The smallest absolute Gasteiger partial charge is 0.323 e. The summed E-state index contributed by atoms with van der Waals surface area (Å²) in [6, 6.07) is 0. The molecule has 0 bridgehead atoms. The maximum atomic E-state index is 11.0. The van der Waals surface area contributed by atoms with Crippen LogP contribution in [0.5, 0.6) is 0 Å². The summed E-state index contributed by atoms with van der Waals surface area (Å²) < 4.78 is 4.89. The minimum absolute atomic E-state index is 0.586. The molecule has 78 valence electrons. The van der Waals surface area contributed by atoms with Crippen LogP contribution in [-0.4, -0.2) is 37.4 Å². The molecule has 1 unspecified atom stereocenters. The largest absolute Gasteiger partial charge is 0.480 e. The Labute approximate surface area is 79.3 Å². The standard InChI is InChI=1S/C9H19NO3/c1-4-9(10-2,8(11)12)6-5-7-13-3/h10H,4-7H2,1-3H3,(H,11,12). The molecule has 0 aliphatic heterocycles. The lowest BCUT2D eigenvalue weighted by molar-refractivity contribution is -0.145. The van der Waals surface area contributed by atoms with Gasteiger partial charge < -0.3 is 15.2 Å². The first-order valence-corrected chi connectivity index (χ1v) is 4.54. The zero-order chi connectivity index (χ0) is 10.3. The molecule has 0 fully saturated rings. The second-order valence-electron chi connectivity index (χ2n) is 3.09. The Morgan fingerprint density at radius 1 is 1.62 bits per heavy atom. The predicted molar refractivity (Wildman–Crippen MR) is 50.8 cm³/mol. The van der Waals surface area contributed by atoms with Gasteiger partial charge in [0.15, 0.2) is 0 Å². The molecule has 0 rings (SSSR count). The van der Waals surface area contributed by atoms with Crippen molar-refractivity contribution in [2.24, 2.45) is 0 Å². The quantitative estimate of drug-likeness (QED) is 0.583. The predicted octanol–water partition coefficient (Wildman–Crippen LogP) is 0.866. The Bertz CT molecular complexity index is 155. The van der Waals surface area contributed by atoms with Crippen LogP contribution < -0.4 is 5.32 Å². The first-order chi connectivity index (χ1) is 6.13. The molecule has 0 aromatic carbocycles. The third-order valence-corrected chi connectivity index (χ3v) is 2.44. The molecule has 0 amide bonds. The van der Waals surface area contributed by atoms with Crippen LogP contribution in [-0.2, 0) is 9.53 Å². The summed E-state index contributed by atoms with van der Waals surface area (Å²) in [5.41, 5.74) is -0.779. The van der Waals surface area contributed by atoms with Crippen LogP contribution in [0.25, 0.3) is 0 Å². The van der Waals surface area contributed by atoms with E-state index in [0.717, 1.165) is 6.42 Å². The van der Waals surface area contributed by atoms with Crippen molar-refractivity contribution in [2.75, 3.05) is 20.8 Å². The van der Waals surface area contributed by atoms with E-state index in [2.05, 4.69) is 5.32 Å². The summed E-state index contributed by atoms with van der Waals surface area (Å²) >= 11 is 0. The molecule has 4 nitrogen and oxygen atoms in total. The fourth-order valence-electron chi connectivity index (χ4n) is 1.36. The highest BCUT2D eigenvalue weighted by atomic mass is 16.5. The molecule has 0 aromatic heterocycles. The fraction of sp³-hybridized carbons (Fsp3) is 0.889. The fourth-order valence-corrected chi connectivity index (χ4v) is 1.36. The number of hydrogen-bond acceptors (Lipinski definition) is 3. The molecule has 0 saturated heterocycles. The molecule has 0 aromatic rings. The molecule has 0 heterocycles. The molecular weight excluding hydrogens is 170 g/mol. The highest BCUT2D eigenvalue weighted by Crippen LogP contribution is 2.17. The number of hydrogen-bond donors (Lipinski definition) is 2. The summed E-state index contributed by atoms with van der Waals surface area (Å²) in [7, 11) is 3.30. The van der Waals surface area contributed by atoms with E-state index in [-0.39, 0.29) is 0 Å². The number of likely N-dealkylation sites (N-methyl/N-ethyl adjacent to an activating group) is 1. The van der Waals surface area contributed by atoms with Gasteiger partial charge in [-0.05, 0) is 26.3 Å². The van der Waals surface area contributed by atoms with Gasteiger partial charge in [-0.1, -0.05) is 6.92 Å². The van der Waals surface area contributed by atoms with Gasteiger partial charge in [0.25, 0.3) is 0 Å². The number of aliphatic carboxylic acids is 1. The number of ether oxygens (including phenoxy) is 1. The van der Waals surface area contributed by atoms with Crippen LogP contribution in [0.15, 0.2) is 0 Å². The lowest BCUT2D eigenvalue weighted by Gasteiger charge is -2.27. The van der Waals surface area contributed by atoms with Crippen molar-refractivity contribution in [1.82, 2.24) is 5.32 Å². The van der Waals surface area contributed by atoms with Gasteiger partial charge in [0, 0.05) is 13.7 Å². The van der Waals surface area contributed by atoms with Crippen molar-refractivity contribution in [1.29, 1.82) is 0 Å². The van der Waals surface area contributed by atoms with E-state index in [1.807, 2.05) is 6.92 Å². The van der Waals surface area contributed by atoms with Gasteiger partial charge in [-0.25, -0.2) is 0 Å². The number of rotatable bonds is 7. The van der Waals surface area contributed by atoms with Crippen molar-refractivity contribution in [2.45, 2.75) is 31.7 Å². The van der Waals surface area contributed by atoms with Crippen LogP contribution in [0.1, 0.15) is 26.2 Å². The van der Waals surface area contributed by atoms with E-state index in [1.54, 1.807) is 14.2 Å². The van der Waals surface area contributed by atoms with E-state index in [0.29, 0.717) is 19.4 Å². The van der Waals surface area contributed by atoms with E-state index >= 15 is 0 Å². The Morgan fingerprint density at radius 3 is 2.54 bits per heavy atom. The Morgan fingerprint density at radius 2 is 2.23 bits per heavy atom. The van der Waals surface area contributed by atoms with Crippen molar-refractivity contribution in [3.63, 3.8) is 0 Å². The Kier molecular flexibility index (Phi) is 5.66. The van der Waals surface area contributed by atoms with Crippen molar-refractivity contribution >= 4 is 5.97 Å². The van der Waals surface area contributed by atoms with Crippen molar-refractivity contribution in [3.05, 3.63) is 0 Å². The number of nitrogens with one attached hydrogen (secondary N) is 1. The zero-order valence-electron chi connectivity index (χ0n) is 8.59. The summed E-state index contributed by atoms with van der Waals surface area (Å²) in [6.45, 7) is 2.48. The number of carboxylic acids is 1. The van der Waals surface area contributed by atoms with Crippen molar-refractivity contribution in [3.8, 4) is 0 Å². The van der Waals surface area contributed by atoms with E-state index in [9.17, 15) is 4.79 Å². The highest BCUT2D eigenvalue weighted by molar-refractivity contribution is 5.78. The van der Waals surface area contributed by atoms with E-state index in [4.69, 9.17) is 9.84 Å². The Balaban J connectivity index is 4.14. The summed E-state index contributed by atoms with van der Waals surface area (Å²) in [5, 5.41) is 11.9. The van der Waals surface area contributed by atoms with Gasteiger partial charge in [0.2, 0.25) is 0 Å². The number of carboxylic acid groups (broad SMARTS) is 1. The SMILES string of the molecule is CCC(CCCOC)(NC)C(=O)O. The minimum atomic E-state index is -0.784. The third-order valence-electron chi connectivity index (χ3n) is 2.44. The van der Waals surface area contributed by atoms with Crippen LogP contribution in [0.3, 0.4) is 0 Å². The molecule has 0 aliphatic carbocycles. The molecule has 0 spiro atoms. The van der Waals surface area contributed by atoms with Crippen molar-refractivity contribution < 1.29 is 14.6 Å². The van der Waals surface area contributed by atoms with Gasteiger partial charge in [-0.15, -0.1) is 0 Å². The van der Waals surface area contributed by atoms with E-state index in [1.165, 1.54) is 0 Å². The lowest BCUT2D eigenvalue weighted by atomic mass is 9.91. The van der Waals surface area contributed by atoms with Gasteiger partial charge in [-0.3, -0.25) is 4.79 Å². The highest BCUT2D eigenvalue weighted by Gasteiger charge is 2.33. The first-order valence-electron chi connectivity index (χ1n) is 4.54. The molecule has 0 aliphatic rings. The minimum Gasteiger partial charge on any atom is -0.480 e. The Hall–Kier alpha value is -0.610. The van der Waals surface area contributed by atoms with Crippen LogP contribution in [0, 0.1) is 0 Å². The molecular formula is C9H19NO3. The van der Waals surface area contributed by atoms with Gasteiger partial charge in [0.1, 0.15) is 5.54 Å². The average Bonchev–Trinajstić information content (AvgIpc) is 2.13. The van der Waals surface area contributed by atoms with Crippen LogP contribution in [0.4, 0.5) is 0 Å². The van der Waals surface area contributed by atoms with Gasteiger partial charge in [0.05, 0.1) is 0 Å². The van der Waals surface area contributed by atoms with Gasteiger partial charge >= 0.3 is 5.97 Å². The van der Waals surface area contributed by atoms with Gasteiger partial charge in [-0.2, -0.15) is 0 Å². The monoisotopic (exact) mass is 189 g/mol. The summed E-state index contributed by atoms with van der Waals surface area (Å²) in [6.07, 6.45) is 1.95. The zero-order valence-corrected chi connectivity index (χ0v) is 8.59. The maximum Gasteiger partial charge on any atom is 0.323 e. The maximum absolute atomic E-state index is 11.0. The molecule has 1 atom stereocenters. The number of methoxy groups -OCH3 is 1. The molecule has 0 radical (unpaired) electrons. The van der Waals surface area contributed by atoms with E-state index < -0.39 is 11.5 Å². The second kappa shape index (κ2) is 5.94. The van der Waals surface area contributed by atoms with Crippen LogP contribution >= 0.6 is 0 Å². The number of carbonyl (C=O) groups is 1. The molecule has 0 saturated carbocycles.